The SMILES string of the molecule is CCc1cccc(CN(C)c2ccc3c(c2)Sc2cc(C=NC)ccc2N3)c1.CCc1cccc(CN(C)c2ccc3c(c2)Sc2cc(C=NC)ccc2N3)c1. The summed E-state index contributed by atoms with van der Waals surface area (Å²) in [5, 5.41) is 7.11. The van der Waals surface area contributed by atoms with E-state index in [9.17, 15) is 0 Å². The second-order valence-electron chi connectivity index (χ2n) is 14.2. The molecule has 0 radical (unpaired) electrons. The molecule has 2 heterocycles. The fourth-order valence-corrected chi connectivity index (χ4v) is 9.08. The van der Waals surface area contributed by atoms with Gasteiger partial charge in [0.1, 0.15) is 0 Å². The van der Waals surface area contributed by atoms with Crippen molar-refractivity contribution in [3.8, 4) is 0 Å². The van der Waals surface area contributed by atoms with Gasteiger partial charge in [-0.15, -0.1) is 0 Å². The maximum atomic E-state index is 4.13. The normalized spacial score (nSPS) is 12.4. The third-order valence-electron chi connectivity index (χ3n) is 10.00. The molecule has 6 nitrogen and oxygen atoms in total. The molecular weight excluding hydrogens is 725 g/mol. The lowest BCUT2D eigenvalue weighted by Gasteiger charge is -2.25. The van der Waals surface area contributed by atoms with Crippen LogP contribution < -0.4 is 20.4 Å². The number of fused-ring (bicyclic) bond motifs is 4. The minimum absolute atomic E-state index is 0.901. The Morgan fingerprint density at radius 2 is 0.857 bits per heavy atom. The van der Waals surface area contributed by atoms with E-state index in [-0.39, 0.29) is 0 Å². The van der Waals surface area contributed by atoms with Gasteiger partial charge < -0.3 is 20.4 Å². The van der Waals surface area contributed by atoms with E-state index in [1.807, 2.05) is 36.0 Å². The number of hydrogen-bond donors (Lipinski definition) is 2. The largest absolute Gasteiger partial charge is 0.370 e. The second-order valence-corrected chi connectivity index (χ2v) is 16.3. The third-order valence-corrected chi connectivity index (χ3v) is 12.2. The van der Waals surface area contributed by atoms with E-state index in [0.29, 0.717) is 0 Å². The van der Waals surface area contributed by atoms with Crippen LogP contribution in [0.15, 0.2) is 151 Å². The minimum Gasteiger partial charge on any atom is -0.370 e. The van der Waals surface area contributed by atoms with Gasteiger partial charge in [-0.2, -0.15) is 0 Å². The highest BCUT2D eigenvalue weighted by atomic mass is 32.2. The minimum atomic E-state index is 0.901. The average molecular weight is 775 g/mol. The van der Waals surface area contributed by atoms with E-state index < -0.39 is 0 Å². The van der Waals surface area contributed by atoms with E-state index in [1.54, 1.807) is 14.1 Å². The number of hydrogen-bond acceptors (Lipinski definition) is 8. The van der Waals surface area contributed by atoms with Crippen LogP contribution in [-0.4, -0.2) is 40.6 Å². The Morgan fingerprint density at radius 3 is 1.25 bits per heavy atom. The smallest absolute Gasteiger partial charge is 0.0527 e. The van der Waals surface area contributed by atoms with Crippen LogP contribution >= 0.6 is 23.5 Å². The highest BCUT2D eigenvalue weighted by molar-refractivity contribution is 8.00. The molecule has 0 atom stereocenters. The molecule has 0 aromatic heterocycles. The van der Waals surface area contributed by atoms with Crippen molar-refractivity contribution in [2.45, 2.75) is 59.4 Å². The van der Waals surface area contributed by atoms with Crippen molar-refractivity contribution in [1.82, 2.24) is 0 Å². The van der Waals surface area contributed by atoms with E-state index in [0.717, 1.165) is 48.4 Å². The fourth-order valence-electron chi connectivity index (χ4n) is 6.94. The first-order valence-electron chi connectivity index (χ1n) is 19.2. The van der Waals surface area contributed by atoms with Gasteiger partial charge in [-0.05, 0) is 107 Å². The molecule has 0 amide bonds. The number of nitrogens with zero attached hydrogens (tertiary/aromatic N) is 4. The molecule has 6 aromatic rings. The van der Waals surface area contributed by atoms with Gasteiger partial charge >= 0.3 is 0 Å². The zero-order chi connectivity index (χ0) is 39.0. The number of aliphatic imine (C=N–C) groups is 2. The number of aryl methyl sites for hydroxylation is 2. The van der Waals surface area contributed by atoms with Crippen molar-refractivity contribution in [2.75, 3.05) is 48.6 Å². The maximum Gasteiger partial charge on any atom is 0.0527 e. The Morgan fingerprint density at radius 1 is 0.482 bits per heavy atom. The predicted octanol–water partition coefficient (Wildman–Crippen LogP) is 12.3. The quantitative estimate of drug-likeness (QED) is 0.135. The number of anilines is 6. The molecule has 8 heteroatoms. The molecule has 0 spiro atoms. The molecule has 284 valence electrons. The molecule has 0 bridgehead atoms. The first-order valence-corrected chi connectivity index (χ1v) is 20.8. The topological polar surface area (TPSA) is 55.3 Å². The van der Waals surface area contributed by atoms with Gasteiger partial charge in [0.05, 0.1) is 22.7 Å². The Hall–Kier alpha value is -5.44. The van der Waals surface area contributed by atoms with Crippen molar-refractivity contribution >= 4 is 70.1 Å². The van der Waals surface area contributed by atoms with Crippen LogP contribution in [0.2, 0.25) is 0 Å². The summed E-state index contributed by atoms with van der Waals surface area (Å²) in [6.45, 7) is 6.20. The van der Waals surface area contributed by atoms with Crippen LogP contribution in [0.4, 0.5) is 34.1 Å². The molecule has 6 aromatic carbocycles. The molecule has 0 saturated carbocycles. The Labute approximate surface area is 341 Å². The summed E-state index contributed by atoms with van der Waals surface area (Å²) in [6, 6.07) is 43.8. The molecule has 0 aliphatic carbocycles. The van der Waals surface area contributed by atoms with Crippen LogP contribution in [0.3, 0.4) is 0 Å². The fraction of sp³-hybridized carbons (Fsp3) is 0.208. The van der Waals surface area contributed by atoms with Crippen LogP contribution in [0.5, 0.6) is 0 Å². The molecule has 2 aliphatic heterocycles. The molecule has 2 N–H and O–H groups in total. The molecule has 0 unspecified atom stereocenters. The molecule has 8 rings (SSSR count). The number of nitrogens with one attached hydrogen (secondary N) is 2. The van der Waals surface area contributed by atoms with E-state index >= 15 is 0 Å². The molecule has 0 fully saturated rings. The second kappa shape index (κ2) is 18.0. The summed E-state index contributed by atoms with van der Waals surface area (Å²) in [5.41, 5.74) is 14.8. The lowest BCUT2D eigenvalue weighted by atomic mass is 10.1. The van der Waals surface area contributed by atoms with Gasteiger partial charge in [0.25, 0.3) is 0 Å². The van der Waals surface area contributed by atoms with Crippen molar-refractivity contribution < 1.29 is 0 Å². The first-order chi connectivity index (χ1) is 27.3. The zero-order valence-corrected chi connectivity index (χ0v) is 34.8. The Bertz CT molecular complexity index is 2220. The molecule has 0 saturated heterocycles. The van der Waals surface area contributed by atoms with Crippen molar-refractivity contribution in [3.63, 3.8) is 0 Å². The van der Waals surface area contributed by atoms with Gasteiger partial charge in [0.15, 0.2) is 0 Å². The molecule has 2 aliphatic rings. The Kier molecular flexibility index (Phi) is 12.5. The highest BCUT2D eigenvalue weighted by Gasteiger charge is 2.19. The summed E-state index contributed by atoms with van der Waals surface area (Å²) in [6.07, 6.45) is 5.93. The van der Waals surface area contributed by atoms with Crippen LogP contribution in [0.25, 0.3) is 0 Å². The third kappa shape index (κ3) is 9.32. The average Bonchev–Trinajstić information content (AvgIpc) is 3.22. The van der Waals surface area contributed by atoms with Gasteiger partial charge in [0, 0.05) is 84.7 Å². The van der Waals surface area contributed by atoms with E-state index in [1.165, 1.54) is 64.6 Å². The van der Waals surface area contributed by atoms with Gasteiger partial charge in [-0.25, -0.2) is 0 Å². The number of benzene rings is 6. The van der Waals surface area contributed by atoms with Crippen molar-refractivity contribution in [1.29, 1.82) is 0 Å². The van der Waals surface area contributed by atoms with Crippen LogP contribution in [0, 0.1) is 0 Å². The zero-order valence-electron chi connectivity index (χ0n) is 33.1. The maximum absolute atomic E-state index is 4.13. The van der Waals surface area contributed by atoms with E-state index in [4.69, 9.17) is 0 Å². The summed E-state index contributed by atoms with van der Waals surface area (Å²) in [4.78, 5) is 17.9. The standard InChI is InChI=1S/2C24H25N3S/c2*1-4-17-6-5-7-19(12-17)16-27(3)20-9-11-22-24(14-20)28-23-13-18(15-25-2)8-10-21(23)26-22/h2*5-15,26H,4,16H2,1-3H3. The van der Waals surface area contributed by atoms with Crippen molar-refractivity contribution in [3.05, 3.63) is 155 Å². The number of rotatable bonds is 10. The predicted molar refractivity (Wildman–Crippen MR) is 243 cm³/mol. The van der Waals surface area contributed by atoms with Gasteiger partial charge in [-0.1, -0.05) is 98.0 Å². The van der Waals surface area contributed by atoms with Gasteiger partial charge in [-0.3, -0.25) is 9.98 Å². The van der Waals surface area contributed by atoms with E-state index in [2.05, 4.69) is 180 Å². The van der Waals surface area contributed by atoms with Gasteiger partial charge in [0.2, 0.25) is 0 Å². The van der Waals surface area contributed by atoms with Crippen LogP contribution in [-0.2, 0) is 25.9 Å². The molecular formula is C48H50N6S2. The highest BCUT2D eigenvalue weighted by Crippen LogP contribution is 2.47. The summed E-state index contributed by atoms with van der Waals surface area (Å²) < 4.78 is 0. The summed E-state index contributed by atoms with van der Waals surface area (Å²) >= 11 is 3.63. The lowest BCUT2D eigenvalue weighted by molar-refractivity contribution is 0.916. The monoisotopic (exact) mass is 774 g/mol. The van der Waals surface area contributed by atoms with Crippen molar-refractivity contribution in [2.24, 2.45) is 9.98 Å². The van der Waals surface area contributed by atoms with Crippen LogP contribution in [0.1, 0.15) is 47.2 Å². The first kappa shape index (κ1) is 38.8. The summed E-state index contributed by atoms with van der Waals surface area (Å²) in [5.74, 6) is 0. The molecule has 56 heavy (non-hydrogen) atoms. The summed E-state index contributed by atoms with van der Waals surface area (Å²) in [7, 11) is 7.92. The lowest BCUT2D eigenvalue weighted by Crippen LogP contribution is -2.16. The Balaban J connectivity index is 0.000000172.